The second kappa shape index (κ2) is 5.23. The van der Waals surface area contributed by atoms with E-state index in [1.165, 1.54) is 44.9 Å². The van der Waals surface area contributed by atoms with Crippen LogP contribution < -0.4 is 0 Å². The Kier molecular flexibility index (Phi) is 3.56. The SMILES string of the molecule is CC1(C)O[C@@H]2C3C4C(O)CC[C@@]4(C)CCC3[C@@]3(C)CCCCC3[C@H]2O1. The predicted molar refractivity (Wildman–Crippen MR) is 96.9 cm³/mol. The summed E-state index contributed by atoms with van der Waals surface area (Å²) in [7, 11) is 0. The molecule has 9 atom stereocenters. The van der Waals surface area contributed by atoms with Crippen molar-refractivity contribution in [2.75, 3.05) is 0 Å². The molecule has 1 saturated heterocycles. The van der Waals surface area contributed by atoms with Gasteiger partial charge < -0.3 is 14.6 Å². The fraction of sp³-hybridized carbons (Fsp3) is 1.00. The van der Waals surface area contributed by atoms with Crippen molar-refractivity contribution in [3.8, 4) is 0 Å². The van der Waals surface area contributed by atoms with E-state index < -0.39 is 5.79 Å². The van der Waals surface area contributed by atoms with Crippen LogP contribution in [-0.2, 0) is 9.47 Å². The number of hydrogen-bond acceptors (Lipinski definition) is 3. The molecule has 0 aromatic carbocycles. The molecular formula is C22H36O3. The van der Waals surface area contributed by atoms with Crippen molar-refractivity contribution < 1.29 is 14.6 Å². The number of hydrogen-bond donors (Lipinski definition) is 1. The molecule has 3 nitrogen and oxygen atoms in total. The van der Waals surface area contributed by atoms with Gasteiger partial charge in [-0.05, 0) is 86.9 Å². The minimum atomic E-state index is -0.472. The highest BCUT2D eigenvalue weighted by atomic mass is 16.8. The maximum atomic E-state index is 11.0. The lowest BCUT2D eigenvalue weighted by atomic mass is 9.44. The Bertz CT molecular complexity index is 559. The molecule has 5 aliphatic rings. The van der Waals surface area contributed by atoms with Crippen LogP contribution in [0.1, 0.15) is 79.1 Å². The van der Waals surface area contributed by atoms with Gasteiger partial charge in [0, 0.05) is 0 Å². The molecule has 0 bridgehead atoms. The maximum absolute atomic E-state index is 11.0. The van der Waals surface area contributed by atoms with Gasteiger partial charge in [-0.25, -0.2) is 0 Å². The van der Waals surface area contributed by atoms with Gasteiger partial charge in [0.2, 0.25) is 0 Å². The summed E-state index contributed by atoms with van der Waals surface area (Å²) in [6.07, 6.45) is 10.4. The molecule has 0 radical (unpaired) electrons. The molecule has 0 aromatic rings. The summed E-state index contributed by atoms with van der Waals surface area (Å²) in [6.45, 7) is 9.18. The van der Waals surface area contributed by atoms with Gasteiger partial charge in [-0.2, -0.15) is 0 Å². The van der Waals surface area contributed by atoms with E-state index in [1.807, 2.05) is 0 Å². The van der Waals surface area contributed by atoms with Gasteiger partial charge in [-0.1, -0.05) is 26.7 Å². The molecule has 5 rings (SSSR count). The first-order chi connectivity index (χ1) is 11.8. The highest BCUT2D eigenvalue weighted by Gasteiger charge is 2.68. The van der Waals surface area contributed by atoms with E-state index in [0.29, 0.717) is 34.5 Å². The van der Waals surface area contributed by atoms with Crippen molar-refractivity contribution in [1.29, 1.82) is 0 Å². The fourth-order valence-electron chi connectivity index (χ4n) is 8.24. The maximum Gasteiger partial charge on any atom is 0.163 e. The Morgan fingerprint density at radius 1 is 0.800 bits per heavy atom. The number of fused-ring (bicyclic) bond motifs is 8. The highest BCUT2D eigenvalue weighted by molar-refractivity contribution is 5.15. The van der Waals surface area contributed by atoms with E-state index in [1.54, 1.807) is 0 Å². The quantitative estimate of drug-likeness (QED) is 0.699. The molecule has 25 heavy (non-hydrogen) atoms. The van der Waals surface area contributed by atoms with Crippen LogP contribution in [0, 0.1) is 34.5 Å². The van der Waals surface area contributed by atoms with E-state index in [9.17, 15) is 5.11 Å². The zero-order valence-electron chi connectivity index (χ0n) is 16.5. The van der Waals surface area contributed by atoms with E-state index in [4.69, 9.17) is 9.47 Å². The number of rotatable bonds is 0. The van der Waals surface area contributed by atoms with E-state index in [0.717, 1.165) is 6.42 Å². The van der Waals surface area contributed by atoms with Crippen LogP contribution >= 0.6 is 0 Å². The summed E-state index contributed by atoms with van der Waals surface area (Å²) in [5.74, 6) is 1.73. The van der Waals surface area contributed by atoms with Gasteiger partial charge in [-0.3, -0.25) is 0 Å². The van der Waals surface area contributed by atoms with Crippen molar-refractivity contribution in [2.24, 2.45) is 34.5 Å². The molecule has 1 aliphatic heterocycles. The van der Waals surface area contributed by atoms with Crippen LogP contribution in [0.15, 0.2) is 0 Å². The zero-order chi connectivity index (χ0) is 17.6. The number of aliphatic hydroxyl groups excluding tert-OH is 1. The highest BCUT2D eigenvalue weighted by Crippen LogP contribution is 2.68. The third kappa shape index (κ3) is 2.21. The molecule has 0 aromatic heterocycles. The summed E-state index contributed by atoms with van der Waals surface area (Å²) in [5, 5.41) is 11.0. The monoisotopic (exact) mass is 348 g/mol. The molecule has 142 valence electrons. The van der Waals surface area contributed by atoms with Crippen LogP contribution in [0.2, 0.25) is 0 Å². The van der Waals surface area contributed by atoms with Crippen molar-refractivity contribution >= 4 is 0 Å². The first-order valence-corrected chi connectivity index (χ1v) is 10.8. The molecule has 0 amide bonds. The van der Waals surface area contributed by atoms with Crippen LogP contribution in [0.4, 0.5) is 0 Å². The van der Waals surface area contributed by atoms with Crippen molar-refractivity contribution in [3.63, 3.8) is 0 Å². The summed E-state index contributed by atoms with van der Waals surface area (Å²) in [6, 6.07) is 0. The lowest BCUT2D eigenvalue weighted by Crippen LogP contribution is -2.63. The van der Waals surface area contributed by atoms with Crippen molar-refractivity contribution in [2.45, 2.75) is 103 Å². The molecule has 3 heteroatoms. The van der Waals surface area contributed by atoms with Gasteiger partial charge in [0.05, 0.1) is 18.3 Å². The lowest BCUT2D eigenvalue weighted by Gasteiger charge is -2.62. The second-order valence-corrected chi connectivity index (χ2v) is 10.9. The first kappa shape index (κ1) is 17.0. The molecule has 4 saturated carbocycles. The normalized spacial score (nSPS) is 59.6. The van der Waals surface area contributed by atoms with E-state index >= 15 is 0 Å². The van der Waals surface area contributed by atoms with E-state index in [2.05, 4.69) is 27.7 Å². The Morgan fingerprint density at radius 3 is 2.32 bits per heavy atom. The number of aliphatic hydroxyl groups is 1. The molecule has 4 aliphatic carbocycles. The van der Waals surface area contributed by atoms with Crippen molar-refractivity contribution in [1.82, 2.24) is 0 Å². The molecular weight excluding hydrogens is 312 g/mol. The van der Waals surface area contributed by atoms with Crippen LogP contribution in [0.25, 0.3) is 0 Å². The Morgan fingerprint density at radius 2 is 1.52 bits per heavy atom. The predicted octanol–water partition coefficient (Wildman–Crippen LogP) is 4.52. The first-order valence-electron chi connectivity index (χ1n) is 10.8. The van der Waals surface area contributed by atoms with Gasteiger partial charge in [0.25, 0.3) is 0 Å². The van der Waals surface area contributed by atoms with Gasteiger partial charge in [0.1, 0.15) is 0 Å². The minimum Gasteiger partial charge on any atom is -0.393 e. The number of ether oxygens (including phenoxy) is 2. The van der Waals surface area contributed by atoms with Crippen LogP contribution in [0.5, 0.6) is 0 Å². The second-order valence-electron chi connectivity index (χ2n) is 10.9. The van der Waals surface area contributed by atoms with E-state index in [-0.39, 0.29) is 18.3 Å². The Labute approximate surface area is 152 Å². The summed E-state index contributed by atoms with van der Waals surface area (Å²) in [4.78, 5) is 0. The molecule has 0 spiro atoms. The average Bonchev–Trinajstić information content (AvgIpc) is 3.03. The molecule has 1 N–H and O–H groups in total. The van der Waals surface area contributed by atoms with Gasteiger partial charge in [-0.15, -0.1) is 0 Å². The zero-order valence-corrected chi connectivity index (χ0v) is 16.5. The topological polar surface area (TPSA) is 38.7 Å². The largest absolute Gasteiger partial charge is 0.393 e. The summed E-state index contributed by atoms with van der Waals surface area (Å²) >= 11 is 0. The van der Waals surface area contributed by atoms with Crippen molar-refractivity contribution in [3.05, 3.63) is 0 Å². The Hall–Kier alpha value is -0.120. The summed E-state index contributed by atoms with van der Waals surface area (Å²) < 4.78 is 13.1. The molecule has 5 fully saturated rings. The van der Waals surface area contributed by atoms with Crippen LogP contribution in [-0.4, -0.2) is 29.2 Å². The molecule has 5 unspecified atom stereocenters. The minimum absolute atomic E-state index is 0.144. The fourth-order valence-corrected chi connectivity index (χ4v) is 8.24. The van der Waals surface area contributed by atoms with Gasteiger partial charge in [0.15, 0.2) is 5.79 Å². The lowest BCUT2D eigenvalue weighted by molar-refractivity contribution is -0.187. The third-order valence-corrected chi connectivity index (χ3v) is 9.25. The van der Waals surface area contributed by atoms with Crippen LogP contribution in [0.3, 0.4) is 0 Å². The smallest absolute Gasteiger partial charge is 0.163 e. The van der Waals surface area contributed by atoms with Gasteiger partial charge >= 0.3 is 0 Å². The third-order valence-electron chi connectivity index (χ3n) is 9.25. The molecule has 1 heterocycles. The Balaban J connectivity index is 1.61. The summed E-state index contributed by atoms with van der Waals surface area (Å²) in [5.41, 5.74) is 0.677. The average molecular weight is 349 g/mol. The standard InChI is InChI=1S/C22H36O3/c1-20(2)24-18-14-7-5-6-10-22(14,4)13-8-11-21(3)12-9-15(23)17(21)16(13)19(18)25-20/h13-19,23H,5-12H2,1-4H3/t13?,14?,15?,16?,17?,18-,19-,21-,22-/m1/s1.